The van der Waals surface area contributed by atoms with Crippen LogP contribution in [-0.4, -0.2) is 10.2 Å². The maximum Gasteiger partial charge on any atom is 0.238 e. The summed E-state index contributed by atoms with van der Waals surface area (Å²) in [6.07, 6.45) is 0. The Kier molecular flexibility index (Phi) is 3.82. The van der Waals surface area contributed by atoms with Crippen LogP contribution in [0.15, 0.2) is 30.3 Å². The Morgan fingerprint density at radius 2 is 1.89 bits per heavy atom. The molecule has 2 aromatic rings. The second-order valence-electron chi connectivity index (χ2n) is 4.47. The number of rotatable bonds is 3. The number of hydrogen-bond donors (Lipinski definition) is 0. The van der Waals surface area contributed by atoms with Crippen molar-refractivity contribution in [3.63, 3.8) is 0 Å². The van der Waals surface area contributed by atoms with Crippen LogP contribution in [0.2, 0.25) is 5.15 Å². The molecule has 4 heteroatoms. The van der Waals surface area contributed by atoms with Crippen LogP contribution >= 0.6 is 11.6 Å². The second-order valence-corrected chi connectivity index (χ2v) is 4.86. The molecule has 0 aliphatic heterocycles. The van der Waals surface area contributed by atoms with Crippen LogP contribution in [0.25, 0.3) is 0 Å². The molecule has 3 nitrogen and oxygen atoms in total. The molecule has 94 valence electrons. The van der Waals surface area contributed by atoms with Gasteiger partial charge in [0, 0.05) is 6.07 Å². The summed E-state index contributed by atoms with van der Waals surface area (Å²) in [5.74, 6) is 1.71. The number of nitrogens with zero attached hydrogens (tertiary/aromatic N) is 2. The van der Waals surface area contributed by atoms with Crippen LogP contribution in [-0.2, 0) is 0 Å². The van der Waals surface area contributed by atoms with Gasteiger partial charge in [-0.15, -0.1) is 10.2 Å². The molecule has 0 saturated carbocycles. The molecule has 0 unspecified atom stereocenters. The van der Waals surface area contributed by atoms with Crippen molar-refractivity contribution in [2.24, 2.45) is 0 Å². The average molecular weight is 263 g/mol. The molecule has 1 aromatic heterocycles. The minimum atomic E-state index is 0.355. The van der Waals surface area contributed by atoms with Gasteiger partial charge in [-0.25, -0.2) is 0 Å². The lowest BCUT2D eigenvalue weighted by Crippen LogP contribution is -1.94. The highest BCUT2D eigenvalue weighted by molar-refractivity contribution is 6.29. The molecule has 0 spiro atoms. The zero-order valence-corrected chi connectivity index (χ0v) is 11.4. The normalized spacial score (nSPS) is 10.7. The predicted octanol–water partition coefficient (Wildman–Crippen LogP) is 4.35. The van der Waals surface area contributed by atoms with Gasteiger partial charge in [-0.2, -0.15) is 0 Å². The van der Waals surface area contributed by atoms with E-state index >= 15 is 0 Å². The molecule has 0 aliphatic rings. The minimum absolute atomic E-state index is 0.355. The number of aryl methyl sites for hydroxylation is 1. The Hall–Kier alpha value is -1.61. The average Bonchev–Trinajstić information content (AvgIpc) is 2.32. The molecule has 18 heavy (non-hydrogen) atoms. The van der Waals surface area contributed by atoms with Crippen LogP contribution in [0.3, 0.4) is 0 Å². The first-order chi connectivity index (χ1) is 8.56. The van der Waals surface area contributed by atoms with Gasteiger partial charge >= 0.3 is 0 Å². The fraction of sp³-hybridized carbons (Fsp3) is 0.286. The van der Waals surface area contributed by atoms with E-state index < -0.39 is 0 Å². The van der Waals surface area contributed by atoms with E-state index in [4.69, 9.17) is 16.3 Å². The Morgan fingerprint density at radius 1 is 1.11 bits per heavy atom. The summed E-state index contributed by atoms with van der Waals surface area (Å²) in [6.45, 7) is 6.43. The SMILES string of the molecule is Cc1cc(Oc2ccc(Cl)nn2)ccc1C(C)C. The number of ether oxygens (including phenoxy) is 1. The molecule has 2 rings (SSSR count). The summed E-state index contributed by atoms with van der Waals surface area (Å²) in [5.41, 5.74) is 2.54. The number of hydrogen-bond acceptors (Lipinski definition) is 3. The van der Waals surface area contributed by atoms with Gasteiger partial charge < -0.3 is 4.74 Å². The van der Waals surface area contributed by atoms with Crippen LogP contribution < -0.4 is 4.74 Å². The van der Waals surface area contributed by atoms with Gasteiger partial charge in [0.2, 0.25) is 5.88 Å². The highest BCUT2D eigenvalue weighted by atomic mass is 35.5. The smallest absolute Gasteiger partial charge is 0.238 e. The van der Waals surface area contributed by atoms with E-state index in [1.807, 2.05) is 12.1 Å². The summed E-state index contributed by atoms with van der Waals surface area (Å²) in [4.78, 5) is 0. The highest BCUT2D eigenvalue weighted by Crippen LogP contribution is 2.26. The monoisotopic (exact) mass is 262 g/mol. The Balaban J connectivity index is 2.20. The largest absolute Gasteiger partial charge is 0.438 e. The molecule has 0 N–H and O–H groups in total. The van der Waals surface area contributed by atoms with Crippen LogP contribution in [0, 0.1) is 6.92 Å². The number of halogens is 1. The highest BCUT2D eigenvalue weighted by Gasteiger charge is 2.06. The van der Waals surface area contributed by atoms with E-state index in [1.165, 1.54) is 11.1 Å². The maximum absolute atomic E-state index is 5.67. The summed E-state index contributed by atoms with van der Waals surface area (Å²) < 4.78 is 5.62. The molecule has 1 aromatic carbocycles. The van der Waals surface area contributed by atoms with E-state index in [0.717, 1.165) is 5.75 Å². The van der Waals surface area contributed by atoms with Gasteiger partial charge in [0.25, 0.3) is 0 Å². The zero-order valence-electron chi connectivity index (χ0n) is 10.6. The van der Waals surface area contributed by atoms with Gasteiger partial charge in [-0.3, -0.25) is 0 Å². The first kappa shape index (κ1) is 12.8. The van der Waals surface area contributed by atoms with Crippen LogP contribution in [0.1, 0.15) is 30.9 Å². The molecule has 0 atom stereocenters. The molecule has 0 bridgehead atoms. The van der Waals surface area contributed by atoms with Gasteiger partial charge in [0.05, 0.1) is 0 Å². The maximum atomic E-state index is 5.67. The molecular weight excluding hydrogens is 248 g/mol. The zero-order chi connectivity index (χ0) is 13.1. The number of aromatic nitrogens is 2. The Labute approximate surface area is 112 Å². The quantitative estimate of drug-likeness (QED) is 0.825. The van der Waals surface area contributed by atoms with Crippen molar-refractivity contribution in [2.75, 3.05) is 0 Å². The molecule has 1 heterocycles. The van der Waals surface area contributed by atoms with Crippen molar-refractivity contribution >= 4 is 11.6 Å². The van der Waals surface area contributed by atoms with E-state index in [0.29, 0.717) is 17.0 Å². The van der Waals surface area contributed by atoms with Crippen molar-refractivity contribution in [3.8, 4) is 11.6 Å². The summed E-state index contributed by atoms with van der Waals surface area (Å²) in [6, 6.07) is 9.38. The van der Waals surface area contributed by atoms with E-state index in [2.05, 4.69) is 37.0 Å². The minimum Gasteiger partial charge on any atom is -0.438 e. The fourth-order valence-corrected chi connectivity index (χ4v) is 1.94. The molecule has 0 saturated heterocycles. The van der Waals surface area contributed by atoms with E-state index in [1.54, 1.807) is 12.1 Å². The van der Waals surface area contributed by atoms with Crippen molar-refractivity contribution in [1.29, 1.82) is 0 Å². The van der Waals surface area contributed by atoms with Gasteiger partial charge in [-0.05, 0) is 42.2 Å². The molecule has 0 amide bonds. The summed E-state index contributed by atoms with van der Waals surface area (Å²) >= 11 is 5.67. The lowest BCUT2D eigenvalue weighted by Gasteiger charge is -2.11. The fourth-order valence-electron chi connectivity index (χ4n) is 1.84. The van der Waals surface area contributed by atoms with E-state index in [9.17, 15) is 0 Å². The summed E-state index contributed by atoms with van der Waals surface area (Å²) in [5, 5.41) is 7.95. The molecule has 0 fully saturated rings. The van der Waals surface area contributed by atoms with Crippen molar-refractivity contribution < 1.29 is 4.74 Å². The summed E-state index contributed by atoms with van der Waals surface area (Å²) in [7, 11) is 0. The van der Waals surface area contributed by atoms with E-state index in [-0.39, 0.29) is 0 Å². The first-order valence-corrected chi connectivity index (χ1v) is 6.21. The third-order valence-corrected chi connectivity index (χ3v) is 2.89. The lowest BCUT2D eigenvalue weighted by atomic mass is 9.98. The van der Waals surface area contributed by atoms with Gasteiger partial charge in [0.15, 0.2) is 5.15 Å². The van der Waals surface area contributed by atoms with Gasteiger partial charge in [-0.1, -0.05) is 31.5 Å². The Bertz CT molecular complexity index is 538. The Morgan fingerprint density at radius 3 is 2.44 bits per heavy atom. The standard InChI is InChI=1S/C14H15ClN2O/c1-9(2)12-5-4-11(8-10(12)3)18-14-7-6-13(15)16-17-14/h4-9H,1-3H3. The lowest BCUT2D eigenvalue weighted by molar-refractivity contribution is 0.454. The molecular formula is C14H15ClN2O. The van der Waals surface area contributed by atoms with Crippen LogP contribution in [0.4, 0.5) is 0 Å². The molecule has 0 aliphatic carbocycles. The first-order valence-electron chi connectivity index (χ1n) is 5.84. The third-order valence-electron chi connectivity index (χ3n) is 2.69. The van der Waals surface area contributed by atoms with Crippen molar-refractivity contribution in [1.82, 2.24) is 10.2 Å². The molecule has 0 radical (unpaired) electrons. The van der Waals surface area contributed by atoms with Crippen molar-refractivity contribution in [3.05, 3.63) is 46.6 Å². The van der Waals surface area contributed by atoms with Crippen LogP contribution in [0.5, 0.6) is 11.6 Å². The van der Waals surface area contributed by atoms with Gasteiger partial charge in [0.1, 0.15) is 5.75 Å². The topological polar surface area (TPSA) is 35.0 Å². The predicted molar refractivity (Wildman–Crippen MR) is 72.4 cm³/mol. The van der Waals surface area contributed by atoms with Crippen molar-refractivity contribution in [2.45, 2.75) is 26.7 Å². The third kappa shape index (κ3) is 2.99. The number of benzene rings is 1. The second kappa shape index (κ2) is 5.36.